The second-order valence-electron chi connectivity index (χ2n) is 5.72. The zero-order valence-corrected chi connectivity index (χ0v) is 12.2. The van der Waals surface area contributed by atoms with E-state index in [4.69, 9.17) is 0 Å². The summed E-state index contributed by atoms with van der Waals surface area (Å²) in [7, 11) is 2.22. The van der Waals surface area contributed by atoms with E-state index < -0.39 is 0 Å². The van der Waals surface area contributed by atoms with Gasteiger partial charge in [0.15, 0.2) is 0 Å². The topological polar surface area (TPSA) is 18.5 Å². The summed E-state index contributed by atoms with van der Waals surface area (Å²) in [5, 5.41) is 3.65. The maximum absolute atomic E-state index is 3.65. The van der Waals surface area contributed by atoms with Crippen LogP contribution in [-0.4, -0.2) is 73.2 Å². The number of piperazine rings is 1. The SMILES string of the molecule is CN1CCN(CCNCC2(C)CCCS2)CC1. The van der Waals surface area contributed by atoms with Gasteiger partial charge in [0.25, 0.3) is 0 Å². The minimum atomic E-state index is 0.516. The van der Waals surface area contributed by atoms with Crippen molar-refractivity contribution < 1.29 is 0 Å². The van der Waals surface area contributed by atoms with Gasteiger partial charge in [-0.2, -0.15) is 11.8 Å². The number of hydrogen-bond donors (Lipinski definition) is 1. The van der Waals surface area contributed by atoms with Crippen LogP contribution >= 0.6 is 11.8 Å². The highest BCUT2D eigenvalue weighted by atomic mass is 32.2. The maximum atomic E-state index is 3.65. The van der Waals surface area contributed by atoms with Gasteiger partial charge >= 0.3 is 0 Å². The summed E-state index contributed by atoms with van der Waals surface area (Å²) in [6, 6.07) is 0. The predicted octanol–water partition coefficient (Wildman–Crippen LogP) is 1.11. The van der Waals surface area contributed by atoms with Gasteiger partial charge in [0.05, 0.1) is 0 Å². The first kappa shape index (κ1) is 13.7. The van der Waals surface area contributed by atoms with Gasteiger partial charge in [0.1, 0.15) is 0 Å². The molecule has 0 aromatic rings. The average Bonchev–Trinajstić information content (AvgIpc) is 2.74. The van der Waals surface area contributed by atoms with Crippen molar-refractivity contribution in [3.63, 3.8) is 0 Å². The van der Waals surface area contributed by atoms with E-state index in [0.29, 0.717) is 4.75 Å². The van der Waals surface area contributed by atoms with Gasteiger partial charge in [0.2, 0.25) is 0 Å². The fourth-order valence-corrected chi connectivity index (χ4v) is 3.91. The fraction of sp³-hybridized carbons (Fsp3) is 1.00. The maximum Gasteiger partial charge on any atom is 0.0256 e. The lowest BCUT2D eigenvalue weighted by Gasteiger charge is -2.32. The van der Waals surface area contributed by atoms with E-state index >= 15 is 0 Å². The van der Waals surface area contributed by atoms with Crippen molar-refractivity contribution in [2.75, 3.05) is 58.6 Å². The van der Waals surface area contributed by atoms with Gasteiger partial charge in [-0.3, -0.25) is 4.90 Å². The van der Waals surface area contributed by atoms with Crippen molar-refractivity contribution in [1.29, 1.82) is 0 Å². The third kappa shape index (κ3) is 4.43. The van der Waals surface area contributed by atoms with E-state index in [1.165, 1.54) is 57.9 Å². The van der Waals surface area contributed by atoms with Crippen molar-refractivity contribution in [2.24, 2.45) is 0 Å². The van der Waals surface area contributed by atoms with Crippen LogP contribution in [0.2, 0.25) is 0 Å². The van der Waals surface area contributed by atoms with Gasteiger partial charge < -0.3 is 10.2 Å². The van der Waals surface area contributed by atoms with E-state index in [0.717, 1.165) is 6.54 Å². The largest absolute Gasteiger partial charge is 0.314 e. The fourth-order valence-electron chi connectivity index (χ4n) is 2.64. The number of nitrogens with zero attached hydrogens (tertiary/aromatic N) is 2. The van der Waals surface area contributed by atoms with Crippen LogP contribution in [0.25, 0.3) is 0 Å². The van der Waals surface area contributed by atoms with Crippen LogP contribution in [-0.2, 0) is 0 Å². The van der Waals surface area contributed by atoms with Crippen LogP contribution in [0.1, 0.15) is 19.8 Å². The lowest BCUT2D eigenvalue weighted by Crippen LogP contribution is -2.47. The molecule has 1 unspecified atom stereocenters. The second-order valence-corrected chi connectivity index (χ2v) is 7.41. The summed E-state index contributed by atoms with van der Waals surface area (Å²) in [5.41, 5.74) is 0. The standard InChI is InChI=1S/C13H27N3S/c1-13(4-3-11-17-13)12-14-5-6-16-9-7-15(2)8-10-16/h14H,3-12H2,1-2H3. The molecule has 2 aliphatic rings. The molecular weight excluding hydrogens is 230 g/mol. The third-order valence-electron chi connectivity index (χ3n) is 4.00. The first-order chi connectivity index (χ1) is 8.18. The van der Waals surface area contributed by atoms with E-state index in [2.05, 4.69) is 40.8 Å². The quantitative estimate of drug-likeness (QED) is 0.743. The predicted molar refractivity (Wildman–Crippen MR) is 76.9 cm³/mol. The summed E-state index contributed by atoms with van der Waals surface area (Å²) in [4.78, 5) is 5.00. The average molecular weight is 257 g/mol. The van der Waals surface area contributed by atoms with Gasteiger partial charge in [0, 0.05) is 50.6 Å². The molecule has 0 radical (unpaired) electrons. The van der Waals surface area contributed by atoms with Crippen LogP contribution in [0.3, 0.4) is 0 Å². The Morgan fingerprint density at radius 2 is 2.00 bits per heavy atom. The third-order valence-corrected chi connectivity index (χ3v) is 5.54. The molecule has 2 heterocycles. The normalized spacial score (nSPS) is 32.1. The number of thioether (sulfide) groups is 1. The molecular formula is C13H27N3S. The van der Waals surface area contributed by atoms with Gasteiger partial charge in [-0.25, -0.2) is 0 Å². The summed E-state index contributed by atoms with van der Waals surface area (Å²) in [5.74, 6) is 1.36. The van der Waals surface area contributed by atoms with Crippen molar-refractivity contribution in [2.45, 2.75) is 24.5 Å². The molecule has 0 saturated carbocycles. The summed E-state index contributed by atoms with van der Waals surface area (Å²) < 4.78 is 0.516. The molecule has 0 amide bonds. The highest BCUT2D eigenvalue weighted by Crippen LogP contribution is 2.36. The smallest absolute Gasteiger partial charge is 0.0256 e. The van der Waals surface area contributed by atoms with E-state index in [9.17, 15) is 0 Å². The van der Waals surface area contributed by atoms with Gasteiger partial charge in [-0.15, -0.1) is 0 Å². The highest BCUT2D eigenvalue weighted by molar-refractivity contribution is 8.00. The Morgan fingerprint density at radius 1 is 1.24 bits per heavy atom. The Balaban J connectivity index is 1.54. The molecule has 17 heavy (non-hydrogen) atoms. The number of hydrogen-bond acceptors (Lipinski definition) is 4. The molecule has 1 N–H and O–H groups in total. The lowest BCUT2D eigenvalue weighted by atomic mass is 10.1. The molecule has 0 spiro atoms. The minimum Gasteiger partial charge on any atom is -0.314 e. The Bertz CT molecular complexity index is 221. The molecule has 4 heteroatoms. The van der Waals surface area contributed by atoms with Gasteiger partial charge in [-0.1, -0.05) is 0 Å². The molecule has 2 fully saturated rings. The summed E-state index contributed by atoms with van der Waals surface area (Å²) in [6.07, 6.45) is 2.79. The van der Waals surface area contributed by atoms with Crippen molar-refractivity contribution in [3.05, 3.63) is 0 Å². The van der Waals surface area contributed by atoms with Crippen LogP contribution in [0.15, 0.2) is 0 Å². The number of nitrogens with one attached hydrogen (secondary N) is 1. The molecule has 100 valence electrons. The second kappa shape index (κ2) is 6.41. The Hall–Kier alpha value is 0.230. The molecule has 0 aromatic carbocycles. The van der Waals surface area contributed by atoms with Crippen LogP contribution < -0.4 is 5.32 Å². The molecule has 0 aliphatic carbocycles. The van der Waals surface area contributed by atoms with Crippen molar-refractivity contribution >= 4 is 11.8 Å². The summed E-state index contributed by atoms with van der Waals surface area (Å²) in [6.45, 7) is 10.9. The molecule has 2 aliphatic heterocycles. The molecule has 1 atom stereocenters. The van der Waals surface area contributed by atoms with Crippen molar-refractivity contribution in [3.8, 4) is 0 Å². The molecule has 2 rings (SSSR count). The molecule has 2 saturated heterocycles. The monoisotopic (exact) mass is 257 g/mol. The molecule has 3 nitrogen and oxygen atoms in total. The van der Waals surface area contributed by atoms with E-state index in [-0.39, 0.29) is 0 Å². The number of likely N-dealkylation sites (N-methyl/N-ethyl adjacent to an activating group) is 1. The lowest BCUT2D eigenvalue weighted by molar-refractivity contribution is 0.154. The first-order valence-corrected chi connectivity index (χ1v) is 7.92. The Kier molecular flexibility index (Phi) is 5.15. The van der Waals surface area contributed by atoms with E-state index in [1.807, 2.05) is 0 Å². The Morgan fingerprint density at radius 3 is 2.65 bits per heavy atom. The van der Waals surface area contributed by atoms with Crippen LogP contribution in [0.5, 0.6) is 0 Å². The van der Waals surface area contributed by atoms with Crippen LogP contribution in [0.4, 0.5) is 0 Å². The van der Waals surface area contributed by atoms with Crippen molar-refractivity contribution in [1.82, 2.24) is 15.1 Å². The molecule has 0 aromatic heterocycles. The number of rotatable bonds is 5. The zero-order valence-electron chi connectivity index (χ0n) is 11.4. The van der Waals surface area contributed by atoms with Gasteiger partial charge in [-0.05, 0) is 32.6 Å². The van der Waals surface area contributed by atoms with Crippen LogP contribution in [0, 0.1) is 0 Å². The molecule has 0 bridgehead atoms. The minimum absolute atomic E-state index is 0.516. The first-order valence-electron chi connectivity index (χ1n) is 6.94. The highest BCUT2D eigenvalue weighted by Gasteiger charge is 2.28. The Labute approximate surface area is 110 Å². The zero-order chi connectivity index (χ0) is 12.1. The van der Waals surface area contributed by atoms with E-state index in [1.54, 1.807) is 0 Å². The summed E-state index contributed by atoms with van der Waals surface area (Å²) >= 11 is 2.15.